The van der Waals surface area contributed by atoms with Crippen LogP contribution < -0.4 is 15.5 Å². The fourth-order valence-corrected chi connectivity index (χ4v) is 2.47. The predicted octanol–water partition coefficient (Wildman–Crippen LogP) is 0.197. The van der Waals surface area contributed by atoms with Crippen LogP contribution in [0.4, 0.5) is 5.69 Å². The van der Waals surface area contributed by atoms with Crippen LogP contribution in [0.5, 0.6) is 0 Å². The molecule has 2 amide bonds. The van der Waals surface area contributed by atoms with E-state index in [2.05, 4.69) is 10.6 Å². The minimum atomic E-state index is -0.865. The minimum Gasteiger partial charge on any atom is -0.387 e. The highest BCUT2D eigenvalue weighted by Crippen LogP contribution is 2.17. The lowest BCUT2D eigenvalue weighted by Crippen LogP contribution is -2.43. The average molecular weight is 335 g/mol. The molecule has 0 aliphatic carbocycles. The van der Waals surface area contributed by atoms with Crippen LogP contribution in [0.1, 0.15) is 24.5 Å². The number of nitrogens with zero attached hydrogens (tertiary/aromatic N) is 1. The fourth-order valence-electron chi connectivity index (χ4n) is 2.47. The molecule has 1 saturated heterocycles. The van der Waals surface area contributed by atoms with Gasteiger partial charge in [-0.1, -0.05) is 12.1 Å². The summed E-state index contributed by atoms with van der Waals surface area (Å²) in [5.41, 5.74) is 1.70. The Bertz CT molecular complexity index is 553. The third-order valence-corrected chi connectivity index (χ3v) is 3.97. The van der Waals surface area contributed by atoms with Gasteiger partial charge in [-0.15, -0.1) is 0 Å². The molecule has 1 aromatic carbocycles. The first-order valence-corrected chi connectivity index (χ1v) is 8.10. The molecule has 2 rings (SSSR count). The topological polar surface area (TPSA) is 90.9 Å². The van der Waals surface area contributed by atoms with Crippen molar-refractivity contribution in [3.8, 4) is 0 Å². The standard InChI is InChI=1S/C17H25N3O4/c1-20(2)13-7-5-12(6-8-13)15(21)11-19-17(23)16(22)18-10-14-4-3-9-24-14/h5-8,14-15,21H,3-4,9-11H2,1-2H3,(H,18,22)(H,19,23)/t14-,15+/m1/s1. The quantitative estimate of drug-likeness (QED) is 0.646. The Morgan fingerprint density at radius 2 is 1.92 bits per heavy atom. The molecule has 7 heteroatoms. The van der Waals surface area contributed by atoms with Crippen LogP contribution >= 0.6 is 0 Å². The normalized spacial score (nSPS) is 18.0. The van der Waals surface area contributed by atoms with Gasteiger partial charge in [0.15, 0.2) is 0 Å². The zero-order valence-corrected chi connectivity index (χ0v) is 14.1. The summed E-state index contributed by atoms with van der Waals surface area (Å²) in [4.78, 5) is 25.4. The molecule has 3 N–H and O–H groups in total. The van der Waals surface area contributed by atoms with Gasteiger partial charge in [-0.2, -0.15) is 0 Å². The first-order chi connectivity index (χ1) is 11.5. The maximum absolute atomic E-state index is 11.7. The maximum Gasteiger partial charge on any atom is 0.309 e. The second-order valence-electron chi connectivity index (χ2n) is 6.06. The molecule has 0 radical (unpaired) electrons. The summed E-state index contributed by atoms with van der Waals surface area (Å²) in [7, 11) is 3.86. The highest BCUT2D eigenvalue weighted by molar-refractivity contribution is 6.35. The Kier molecular flexibility index (Phi) is 6.57. The number of hydrogen-bond acceptors (Lipinski definition) is 5. The molecule has 1 aromatic rings. The summed E-state index contributed by atoms with van der Waals surface area (Å²) in [6, 6.07) is 7.36. The van der Waals surface area contributed by atoms with Gasteiger partial charge in [0.1, 0.15) is 0 Å². The molecule has 7 nitrogen and oxygen atoms in total. The second-order valence-corrected chi connectivity index (χ2v) is 6.06. The summed E-state index contributed by atoms with van der Waals surface area (Å²) >= 11 is 0. The molecule has 0 bridgehead atoms. The molecule has 1 aliphatic heterocycles. The molecule has 1 aliphatic rings. The lowest BCUT2D eigenvalue weighted by Gasteiger charge is -2.16. The molecule has 24 heavy (non-hydrogen) atoms. The first kappa shape index (κ1) is 18.2. The van der Waals surface area contributed by atoms with Crippen molar-refractivity contribution < 1.29 is 19.4 Å². The number of aliphatic hydroxyl groups is 1. The first-order valence-electron chi connectivity index (χ1n) is 8.10. The van der Waals surface area contributed by atoms with Crippen LogP contribution in [0.15, 0.2) is 24.3 Å². The smallest absolute Gasteiger partial charge is 0.309 e. The molecule has 2 atom stereocenters. The van der Waals surface area contributed by atoms with Gasteiger partial charge in [0.25, 0.3) is 0 Å². The molecule has 132 valence electrons. The number of carbonyl (C=O) groups excluding carboxylic acids is 2. The van der Waals surface area contributed by atoms with Gasteiger partial charge in [0, 0.05) is 39.5 Å². The third-order valence-electron chi connectivity index (χ3n) is 3.97. The van der Waals surface area contributed by atoms with Crippen molar-refractivity contribution in [3.05, 3.63) is 29.8 Å². The lowest BCUT2D eigenvalue weighted by atomic mass is 10.1. The van der Waals surface area contributed by atoms with Gasteiger partial charge in [0.2, 0.25) is 0 Å². The zero-order valence-electron chi connectivity index (χ0n) is 14.1. The Labute approximate surface area is 142 Å². The van der Waals surface area contributed by atoms with Crippen molar-refractivity contribution in [1.82, 2.24) is 10.6 Å². The van der Waals surface area contributed by atoms with Crippen molar-refractivity contribution >= 4 is 17.5 Å². The summed E-state index contributed by atoms with van der Waals surface area (Å²) in [6.07, 6.45) is 0.994. The van der Waals surface area contributed by atoms with Gasteiger partial charge in [-0.25, -0.2) is 0 Å². The lowest BCUT2D eigenvalue weighted by molar-refractivity contribution is -0.139. The Hall–Kier alpha value is -2.12. The second kappa shape index (κ2) is 8.65. The maximum atomic E-state index is 11.7. The van der Waals surface area contributed by atoms with Crippen LogP contribution in [0, 0.1) is 0 Å². The van der Waals surface area contributed by atoms with E-state index in [4.69, 9.17) is 4.74 Å². The molecule has 0 spiro atoms. The fraction of sp³-hybridized carbons (Fsp3) is 0.529. The van der Waals surface area contributed by atoms with Crippen LogP contribution in [0.2, 0.25) is 0 Å². The predicted molar refractivity (Wildman–Crippen MR) is 90.7 cm³/mol. The SMILES string of the molecule is CN(C)c1ccc([C@@H](O)CNC(=O)C(=O)NC[C@H]2CCCO2)cc1. The van der Waals surface area contributed by atoms with Crippen molar-refractivity contribution in [2.45, 2.75) is 25.0 Å². The molecule has 1 fully saturated rings. The van der Waals surface area contributed by atoms with Gasteiger partial charge < -0.3 is 25.4 Å². The van der Waals surface area contributed by atoms with Crippen LogP contribution in [0.25, 0.3) is 0 Å². The minimum absolute atomic E-state index is 0.0115. The molecule has 0 saturated carbocycles. The van der Waals surface area contributed by atoms with E-state index in [0.717, 1.165) is 18.5 Å². The van der Waals surface area contributed by atoms with E-state index in [9.17, 15) is 14.7 Å². The monoisotopic (exact) mass is 335 g/mol. The largest absolute Gasteiger partial charge is 0.387 e. The highest BCUT2D eigenvalue weighted by Gasteiger charge is 2.20. The number of carbonyl (C=O) groups is 2. The van der Waals surface area contributed by atoms with Crippen molar-refractivity contribution in [1.29, 1.82) is 0 Å². The van der Waals surface area contributed by atoms with E-state index in [1.165, 1.54) is 0 Å². The Morgan fingerprint density at radius 1 is 1.25 bits per heavy atom. The molecule has 0 unspecified atom stereocenters. The van der Waals surface area contributed by atoms with Gasteiger partial charge in [-0.05, 0) is 30.5 Å². The van der Waals surface area contributed by atoms with Crippen LogP contribution in [-0.2, 0) is 14.3 Å². The van der Waals surface area contributed by atoms with E-state index in [0.29, 0.717) is 18.7 Å². The van der Waals surface area contributed by atoms with E-state index in [1.54, 1.807) is 12.1 Å². The number of hydrogen-bond donors (Lipinski definition) is 3. The molecular weight excluding hydrogens is 310 g/mol. The third kappa shape index (κ3) is 5.21. The molecule has 1 heterocycles. The molecular formula is C17H25N3O4. The number of nitrogens with one attached hydrogen (secondary N) is 2. The van der Waals surface area contributed by atoms with Crippen molar-refractivity contribution in [2.75, 3.05) is 38.7 Å². The summed E-state index contributed by atoms with van der Waals surface area (Å²) < 4.78 is 5.38. The van der Waals surface area contributed by atoms with E-state index >= 15 is 0 Å². The number of anilines is 1. The van der Waals surface area contributed by atoms with Crippen LogP contribution in [0.3, 0.4) is 0 Å². The summed E-state index contributed by atoms with van der Waals surface area (Å²) in [5.74, 6) is -1.46. The van der Waals surface area contributed by atoms with E-state index in [1.807, 2.05) is 31.1 Å². The average Bonchev–Trinajstić information content (AvgIpc) is 3.10. The zero-order chi connectivity index (χ0) is 17.5. The van der Waals surface area contributed by atoms with Gasteiger partial charge >= 0.3 is 11.8 Å². The number of benzene rings is 1. The van der Waals surface area contributed by atoms with Gasteiger partial charge in [-0.3, -0.25) is 9.59 Å². The van der Waals surface area contributed by atoms with Gasteiger partial charge in [0.05, 0.1) is 12.2 Å². The van der Waals surface area contributed by atoms with Crippen molar-refractivity contribution in [3.63, 3.8) is 0 Å². The van der Waals surface area contributed by atoms with Crippen molar-refractivity contribution in [2.24, 2.45) is 0 Å². The highest BCUT2D eigenvalue weighted by atomic mass is 16.5. The number of ether oxygens (including phenoxy) is 1. The number of rotatable bonds is 6. The summed E-state index contributed by atoms with van der Waals surface area (Å²) in [6.45, 7) is 1.01. The Balaban J connectivity index is 1.74. The van der Waals surface area contributed by atoms with Crippen LogP contribution in [-0.4, -0.2) is 56.8 Å². The number of aliphatic hydroxyl groups excluding tert-OH is 1. The molecule has 0 aromatic heterocycles. The van der Waals surface area contributed by atoms with E-state index in [-0.39, 0.29) is 12.6 Å². The number of amides is 2. The van der Waals surface area contributed by atoms with E-state index < -0.39 is 17.9 Å². The summed E-state index contributed by atoms with van der Waals surface area (Å²) in [5, 5.41) is 15.1. The Morgan fingerprint density at radius 3 is 2.50 bits per heavy atom.